The van der Waals surface area contributed by atoms with Crippen molar-refractivity contribution in [3.8, 4) is 5.75 Å². The van der Waals surface area contributed by atoms with Crippen LogP contribution in [0.2, 0.25) is 5.02 Å². The first-order valence-corrected chi connectivity index (χ1v) is 14.4. The summed E-state index contributed by atoms with van der Waals surface area (Å²) >= 11 is 6.18. The minimum atomic E-state index is -5.14. The molecule has 222 valence electrons. The normalized spacial score (nSPS) is 24.6. The number of sulfonamides is 1. The Labute approximate surface area is 232 Å². The molecule has 4 rings (SSSR count). The van der Waals surface area contributed by atoms with Gasteiger partial charge in [0.25, 0.3) is 5.56 Å². The van der Waals surface area contributed by atoms with E-state index in [1.165, 1.54) is 6.07 Å². The summed E-state index contributed by atoms with van der Waals surface area (Å²) in [6, 6.07) is 2.08. The predicted molar refractivity (Wildman–Crippen MR) is 136 cm³/mol. The van der Waals surface area contributed by atoms with Crippen LogP contribution in [-0.2, 0) is 21.2 Å². The monoisotopic (exact) mass is 614 g/mol. The van der Waals surface area contributed by atoms with Crippen molar-refractivity contribution in [2.24, 2.45) is 0 Å². The van der Waals surface area contributed by atoms with Gasteiger partial charge in [0.2, 0.25) is 10.0 Å². The predicted octanol–water partition coefficient (Wildman–Crippen LogP) is 4.26. The molecule has 0 radical (unpaired) electrons. The number of halogens is 6. The van der Waals surface area contributed by atoms with Gasteiger partial charge in [-0.25, -0.2) is 21.9 Å². The van der Waals surface area contributed by atoms with E-state index < -0.39 is 57.0 Å². The average Bonchev–Trinajstić information content (AvgIpc) is 2.89. The molecule has 0 amide bonds. The van der Waals surface area contributed by atoms with E-state index in [9.17, 15) is 30.8 Å². The molecule has 1 N–H and O–H groups in total. The van der Waals surface area contributed by atoms with E-state index in [2.05, 4.69) is 15.2 Å². The van der Waals surface area contributed by atoms with Crippen molar-refractivity contribution in [2.45, 2.75) is 61.7 Å². The summed E-state index contributed by atoms with van der Waals surface area (Å²) in [4.78, 5) is 12.2. The first-order chi connectivity index (χ1) is 18.7. The smallest absolute Gasteiger partial charge is 0.404 e. The van der Waals surface area contributed by atoms with Gasteiger partial charge in [-0.3, -0.25) is 4.79 Å². The third-order valence-electron chi connectivity index (χ3n) is 6.86. The molecule has 2 aliphatic heterocycles. The van der Waals surface area contributed by atoms with Gasteiger partial charge in [-0.15, -0.1) is 13.2 Å². The Kier molecular flexibility index (Phi) is 8.97. The quantitative estimate of drug-likeness (QED) is 0.443. The van der Waals surface area contributed by atoms with Gasteiger partial charge in [-0.2, -0.15) is 9.40 Å². The van der Waals surface area contributed by atoms with Crippen LogP contribution in [0.4, 0.5) is 27.6 Å². The molecule has 2 saturated heterocycles. The summed E-state index contributed by atoms with van der Waals surface area (Å²) in [6.07, 6.45) is -5.01. The third kappa shape index (κ3) is 6.69. The van der Waals surface area contributed by atoms with Crippen LogP contribution in [0.3, 0.4) is 0 Å². The van der Waals surface area contributed by atoms with Gasteiger partial charge in [0, 0.05) is 19.7 Å². The largest absolute Gasteiger partial charge is 0.573 e. The molecule has 0 spiro atoms. The average molecular weight is 615 g/mol. The minimum Gasteiger partial charge on any atom is -0.404 e. The van der Waals surface area contributed by atoms with Crippen molar-refractivity contribution in [2.75, 3.05) is 38.2 Å². The van der Waals surface area contributed by atoms with Crippen LogP contribution in [-0.4, -0.2) is 73.6 Å². The van der Waals surface area contributed by atoms with Crippen LogP contribution < -0.4 is 15.6 Å². The van der Waals surface area contributed by atoms with Gasteiger partial charge < -0.3 is 14.8 Å². The highest BCUT2D eigenvalue weighted by molar-refractivity contribution is 7.89. The fourth-order valence-electron chi connectivity index (χ4n) is 4.70. The summed E-state index contributed by atoms with van der Waals surface area (Å²) in [7, 11) is -4.61. The van der Waals surface area contributed by atoms with E-state index in [0.717, 1.165) is 23.0 Å². The second-order valence-corrected chi connectivity index (χ2v) is 12.0. The van der Waals surface area contributed by atoms with Gasteiger partial charge in [-0.1, -0.05) is 24.6 Å². The topological polar surface area (TPSA) is 103 Å². The Balaban J connectivity index is 1.51. The molecule has 16 heteroatoms. The first-order valence-electron chi connectivity index (χ1n) is 12.5. The summed E-state index contributed by atoms with van der Waals surface area (Å²) in [6.45, 7) is 0.799. The lowest BCUT2D eigenvalue weighted by Crippen LogP contribution is -2.48. The van der Waals surface area contributed by atoms with E-state index in [4.69, 9.17) is 16.3 Å². The number of piperidine rings is 1. The number of hydrogen-bond donors (Lipinski definition) is 1. The molecule has 0 bridgehead atoms. The highest BCUT2D eigenvalue weighted by Crippen LogP contribution is 2.35. The van der Waals surface area contributed by atoms with Crippen LogP contribution in [0, 0.1) is 0 Å². The molecule has 1 aromatic heterocycles. The van der Waals surface area contributed by atoms with Crippen molar-refractivity contribution in [3.63, 3.8) is 0 Å². The van der Waals surface area contributed by atoms with Crippen molar-refractivity contribution >= 4 is 27.3 Å². The highest BCUT2D eigenvalue weighted by Gasteiger charge is 2.41. The SMILES string of the molecule is CCc1ccc(OC(F)(F)F)c(S(=O)(=O)N2CC[C@H](n3ncc(NCC4(F)CCCOC4)c(Cl)c3=O)[C@@H](F)C2)c1. The second kappa shape index (κ2) is 11.8. The van der Waals surface area contributed by atoms with Gasteiger partial charge in [0.05, 0.1) is 31.1 Å². The van der Waals surface area contributed by atoms with Crippen LogP contribution in [0.1, 0.15) is 37.8 Å². The number of hydrogen-bond acceptors (Lipinski definition) is 7. The summed E-state index contributed by atoms with van der Waals surface area (Å²) in [5, 5.41) is 6.37. The van der Waals surface area contributed by atoms with E-state index in [-0.39, 0.29) is 43.2 Å². The summed E-state index contributed by atoms with van der Waals surface area (Å²) < 4.78 is 106. The van der Waals surface area contributed by atoms with Crippen molar-refractivity contribution in [3.05, 3.63) is 45.3 Å². The second-order valence-electron chi connectivity index (χ2n) is 9.70. The van der Waals surface area contributed by atoms with Crippen LogP contribution in [0.5, 0.6) is 5.75 Å². The van der Waals surface area contributed by atoms with E-state index in [0.29, 0.717) is 29.3 Å². The number of rotatable bonds is 8. The molecule has 3 atom stereocenters. The number of benzene rings is 1. The molecule has 1 aromatic carbocycles. The zero-order chi connectivity index (χ0) is 29.3. The highest BCUT2D eigenvalue weighted by atomic mass is 35.5. The molecule has 0 saturated carbocycles. The zero-order valence-corrected chi connectivity index (χ0v) is 23.0. The van der Waals surface area contributed by atoms with Crippen molar-refractivity contribution in [1.29, 1.82) is 0 Å². The lowest BCUT2D eigenvalue weighted by atomic mass is 9.99. The van der Waals surface area contributed by atoms with Crippen LogP contribution in [0.25, 0.3) is 0 Å². The number of anilines is 1. The Morgan fingerprint density at radius 1 is 1.32 bits per heavy atom. The molecular formula is C24H28ClF5N4O5S. The Bertz CT molecular complexity index is 1380. The molecule has 2 aromatic rings. The Hall–Kier alpha value is -2.49. The molecule has 9 nitrogen and oxygen atoms in total. The lowest BCUT2D eigenvalue weighted by molar-refractivity contribution is -0.275. The molecule has 40 heavy (non-hydrogen) atoms. The van der Waals surface area contributed by atoms with Gasteiger partial charge >= 0.3 is 6.36 Å². The number of ether oxygens (including phenoxy) is 2. The van der Waals surface area contributed by atoms with Gasteiger partial charge in [-0.05, 0) is 43.4 Å². The fraction of sp³-hybridized carbons (Fsp3) is 0.583. The first kappa shape index (κ1) is 30.5. The Morgan fingerprint density at radius 2 is 2.08 bits per heavy atom. The fourth-order valence-corrected chi connectivity index (χ4v) is 6.53. The van der Waals surface area contributed by atoms with E-state index >= 15 is 4.39 Å². The van der Waals surface area contributed by atoms with Crippen molar-refractivity contribution < 1.29 is 39.8 Å². The van der Waals surface area contributed by atoms with Crippen LogP contribution >= 0.6 is 11.6 Å². The number of alkyl halides is 5. The van der Waals surface area contributed by atoms with Gasteiger partial charge in [0.15, 0.2) is 5.67 Å². The molecule has 2 aliphatic rings. The minimum absolute atomic E-state index is 0.0499. The summed E-state index contributed by atoms with van der Waals surface area (Å²) in [5.74, 6) is -0.926. The van der Waals surface area contributed by atoms with E-state index in [1.54, 1.807) is 6.92 Å². The third-order valence-corrected chi connectivity index (χ3v) is 9.11. The zero-order valence-electron chi connectivity index (χ0n) is 21.4. The van der Waals surface area contributed by atoms with E-state index in [1.807, 2.05) is 0 Å². The summed E-state index contributed by atoms with van der Waals surface area (Å²) in [5.41, 5.74) is -2.03. The maximum absolute atomic E-state index is 15.4. The Morgan fingerprint density at radius 3 is 2.70 bits per heavy atom. The molecule has 0 aliphatic carbocycles. The van der Waals surface area contributed by atoms with Crippen molar-refractivity contribution in [1.82, 2.24) is 14.1 Å². The number of nitrogens with zero attached hydrogens (tertiary/aromatic N) is 3. The van der Waals surface area contributed by atoms with Crippen LogP contribution in [0.15, 0.2) is 34.1 Å². The number of aryl methyl sites for hydroxylation is 1. The molecule has 1 unspecified atom stereocenters. The maximum Gasteiger partial charge on any atom is 0.573 e. The standard InChI is InChI=1S/C24H28ClF5N4O5S/c1-2-15-4-5-19(39-24(28,29)30)20(10-15)40(36,37)33-8-6-18(16(26)12-33)34-22(35)21(25)17(11-32-34)31-13-23(27)7-3-9-38-14-23/h4-5,10-11,16,18,31H,2-3,6-9,12-14H2,1H3/t16-,18-,23?/m0/s1. The molecule has 3 heterocycles. The number of aromatic nitrogens is 2. The number of nitrogens with one attached hydrogen (secondary N) is 1. The molecule has 2 fully saturated rings. The maximum atomic E-state index is 15.4. The lowest BCUT2D eigenvalue weighted by Gasteiger charge is -2.34. The molecular weight excluding hydrogens is 587 g/mol. The van der Waals surface area contributed by atoms with Gasteiger partial charge in [0.1, 0.15) is 21.8 Å².